The van der Waals surface area contributed by atoms with Crippen molar-refractivity contribution in [1.82, 2.24) is 15.5 Å². The maximum Gasteiger partial charge on any atom is 0.190 e. The topological polar surface area (TPSA) is 58.1 Å². The minimum Gasteiger partial charge on any atom is -0.381 e. The first-order valence-electron chi connectivity index (χ1n) is 11.7. The first kappa shape index (κ1) is 28.1. The van der Waals surface area contributed by atoms with Gasteiger partial charge >= 0.3 is 0 Å². The van der Waals surface area contributed by atoms with Gasteiger partial charge in [0.1, 0.15) is 0 Å². The van der Waals surface area contributed by atoms with E-state index >= 15 is 0 Å². The van der Waals surface area contributed by atoms with Crippen molar-refractivity contribution >= 4 is 29.9 Å². The first-order chi connectivity index (χ1) is 14.8. The van der Waals surface area contributed by atoms with E-state index in [2.05, 4.69) is 57.8 Å². The Morgan fingerprint density at radius 2 is 1.65 bits per heavy atom. The standard InChI is InChI=1S/C24H42N4O2.HI/c1-3-4-18-29-19-8-14-26-24(25-2)27-15-9-20-30-23-12-16-28(17-13-23)21-22-10-6-5-7-11-22;/h5-7,10-11,23H,3-4,8-9,12-21H2,1-2H3,(H2,25,26,27);1H. The fourth-order valence-electron chi connectivity index (χ4n) is 3.55. The molecule has 1 aliphatic rings. The molecule has 0 unspecified atom stereocenters. The molecule has 2 rings (SSSR count). The van der Waals surface area contributed by atoms with Gasteiger partial charge in [-0.3, -0.25) is 9.89 Å². The van der Waals surface area contributed by atoms with E-state index in [1.54, 1.807) is 0 Å². The summed E-state index contributed by atoms with van der Waals surface area (Å²) in [4.78, 5) is 6.80. The number of unbranched alkanes of at least 4 members (excludes halogenated alkanes) is 1. The highest BCUT2D eigenvalue weighted by Gasteiger charge is 2.19. The van der Waals surface area contributed by atoms with E-state index in [9.17, 15) is 0 Å². The number of hydrogen-bond donors (Lipinski definition) is 2. The van der Waals surface area contributed by atoms with E-state index in [-0.39, 0.29) is 24.0 Å². The van der Waals surface area contributed by atoms with Crippen LogP contribution in [0, 0.1) is 0 Å². The number of aliphatic imine (C=N–C) groups is 1. The summed E-state index contributed by atoms with van der Waals surface area (Å²) in [7, 11) is 1.81. The average Bonchev–Trinajstić information content (AvgIpc) is 2.78. The lowest BCUT2D eigenvalue weighted by molar-refractivity contribution is 0.00534. The molecule has 1 aliphatic heterocycles. The Morgan fingerprint density at radius 3 is 2.29 bits per heavy atom. The van der Waals surface area contributed by atoms with Gasteiger partial charge in [0.2, 0.25) is 0 Å². The SMILES string of the molecule is CCCCOCCCNC(=NC)NCCCOC1CCN(Cc2ccccc2)CC1.I. The average molecular weight is 547 g/mol. The molecule has 0 saturated carbocycles. The van der Waals surface area contributed by atoms with Gasteiger partial charge in [-0.1, -0.05) is 43.7 Å². The summed E-state index contributed by atoms with van der Waals surface area (Å²) < 4.78 is 11.7. The van der Waals surface area contributed by atoms with Crippen molar-refractivity contribution in [2.75, 3.05) is 53.0 Å². The van der Waals surface area contributed by atoms with E-state index in [4.69, 9.17) is 9.47 Å². The van der Waals surface area contributed by atoms with Crippen LogP contribution in [0.15, 0.2) is 35.3 Å². The fraction of sp³-hybridized carbons (Fsp3) is 0.708. The number of ether oxygens (including phenoxy) is 2. The molecule has 0 aromatic heterocycles. The number of rotatable bonds is 14. The molecule has 0 atom stereocenters. The van der Waals surface area contributed by atoms with Crippen molar-refractivity contribution < 1.29 is 9.47 Å². The minimum atomic E-state index is 0. The largest absolute Gasteiger partial charge is 0.381 e. The van der Waals surface area contributed by atoms with E-state index in [1.807, 2.05) is 7.05 Å². The highest BCUT2D eigenvalue weighted by Crippen LogP contribution is 2.16. The van der Waals surface area contributed by atoms with Crippen molar-refractivity contribution in [3.05, 3.63) is 35.9 Å². The Hall–Kier alpha value is -0.900. The van der Waals surface area contributed by atoms with Crippen LogP contribution in [0.4, 0.5) is 0 Å². The van der Waals surface area contributed by atoms with Gasteiger partial charge in [0.15, 0.2) is 5.96 Å². The second-order valence-corrected chi connectivity index (χ2v) is 7.93. The molecule has 0 amide bonds. The molecule has 7 heteroatoms. The quantitative estimate of drug-likeness (QED) is 0.160. The molecule has 1 saturated heterocycles. The Morgan fingerprint density at radius 1 is 1.00 bits per heavy atom. The monoisotopic (exact) mass is 546 g/mol. The molecular weight excluding hydrogens is 503 g/mol. The highest BCUT2D eigenvalue weighted by atomic mass is 127. The van der Waals surface area contributed by atoms with Crippen LogP contribution in [0.25, 0.3) is 0 Å². The third-order valence-corrected chi connectivity index (χ3v) is 5.37. The zero-order valence-corrected chi connectivity index (χ0v) is 21.8. The fourth-order valence-corrected chi connectivity index (χ4v) is 3.55. The van der Waals surface area contributed by atoms with Gasteiger partial charge in [0.05, 0.1) is 6.10 Å². The van der Waals surface area contributed by atoms with E-state index in [0.29, 0.717) is 6.10 Å². The lowest BCUT2D eigenvalue weighted by Gasteiger charge is -2.32. The smallest absolute Gasteiger partial charge is 0.190 e. The van der Waals surface area contributed by atoms with Gasteiger partial charge in [-0.2, -0.15) is 0 Å². The molecule has 1 aromatic rings. The predicted octanol–water partition coefficient (Wildman–Crippen LogP) is 4.05. The number of nitrogens with one attached hydrogen (secondary N) is 2. The maximum absolute atomic E-state index is 6.10. The lowest BCUT2D eigenvalue weighted by atomic mass is 10.1. The van der Waals surface area contributed by atoms with Crippen molar-refractivity contribution in [1.29, 1.82) is 0 Å². The van der Waals surface area contributed by atoms with E-state index in [0.717, 1.165) is 90.6 Å². The zero-order valence-electron chi connectivity index (χ0n) is 19.5. The van der Waals surface area contributed by atoms with Crippen molar-refractivity contribution in [2.24, 2.45) is 4.99 Å². The Labute approximate surface area is 206 Å². The second-order valence-electron chi connectivity index (χ2n) is 7.93. The maximum atomic E-state index is 6.10. The molecule has 1 heterocycles. The van der Waals surface area contributed by atoms with Crippen molar-refractivity contribution in [2.45, 2.75) is 58.1 Å². The van der Waals surface area contributed by atoms with Crippen LogP contribution >= 0.6 is 24.0 Å². The molecule has 0 spiro atoms. The van der Waals surface area contributed by atoms with Gasteiger partial charge in [-0.15, -0.1) is 24.0 Å². The van der Waals surface area contributed by atoms with Gasteiger partial charge < -0.3 is 20.1 Å². The Balaban J connectivity index is 0.00000480. The lowest BCUT2D eigenvalue weighted by Crippen LogP contribution is -2.39. The molecular formula is C24H43IN4O2. The third kappa shape index (κ3) is 13.3. The number of piperidine rings is 1. The van der Waals surface area contributed by atoms with Gasteiger partial charge in [0.25, 0.3) is 0 Å². The number of hydrogen-bond acceptors (Lipinski definition) is 4. The first-order valence-corrected chi connectivity index (χ1v) is 11.7. The summed E-state index contributed by atoms with van der Waals surface area (Å²) in [6.45, 7) is 9.71. The molecule has 0 bridgehead atoms. The van der Waals surface area contributed by atoms with Crippen molar-refractivity contribution in [3.8, 4) is 0 Å². The molecule has 178 valence electrons. The molecule has 31 heavy (non-hydrogen) atoms. The summed E-state index contributed by atoms with van der Waals surface area (Å²) in [6.07, 6.45) is 6.98. The number of benzene rings is 1. The van der Waals surface area contributed by atoms with Gasteiger partial charge in [0, 0.05) is 59.6 Å². The second kappa shape index (κ2) is 18.7. The van der Waals surface area contributed by atoms with Crippen LogP contribution in [0.2, 0.25) is 0 Å². The molecule has 1 aromatic carbocycles. The predicted molar refractivity (Wildman–Crippen MR) is 140 cm³/mol. The molecule has 0 aliphatic carbocycles. The number of nitrogens with zero attached hydrogens (tertiary/aromatic N) is 2. The van der Waals surface area contributed by atoms with Crippen LogP contribution in [-0.2, 0) is 16.0 Å². The van der Waals surface area contributed by atoms with Crippen LogP contribution in [0.5, 0.6) is 0 Å². The summed E-state index contributed by atoms with van der Waals surface area (Å²) in [5.74, 6) is 0.859. The van der Waals surface area contributed by atoms with Crippen LogP contribution < -0.4 is 10.6 Å². The van der Waals surface area contributed by atoms with E-state index in [1.165, 1.54) is 12.0 Å². The zero-order chi connectivity index (χ0) is 21.3. The summed E-state index contributed by atoms with van der Waals surface area (Å²) >= 11 is 0. The Kier molecular flexibility index (Phi) is 16.9. The van der Waals surface area contributed by atoms with Crippen LogP contribution in [-0.4, -0.2) is 70.0 Å². The molecule has 6 nitrogen and oxygen atoms in total. The summed E-state index contributed by atoms with van der Waals surface area (Å²) in [6, 6.07) is 10.7. The Bertz CT molecular complexity index is 566. The van der Waals surface area contributed by atoms with Crippen molar-refractivity contribution in [3.63, 3.8) is 0 Å². The van der Waals surface area contributed by atoms with Gasteiger partial charge in [-0.05, 0) is 37.7 Å². The van der Waals surface area contributed by atoms with Crippen LogP contribution in [0.1, 0.15) is 51.0 Å². The summed E-state index contributed by atoms with van der Waals surface area (Å²) in [5.41, 5.74) is 1.40. The molecule has 2 N–H and O–H groups in total. The normalized spacial score (nSPS) is 15.5. The number of likely N-dealkylation sites (tertiary alicyclic amines) is 1. The number of halogens is 1. The highest BCUT2D eigenvalue weighted by molar-refractivity contribution is 14.0. The molecule has 1 fully saturated rings. The van der Waals surface area contributed by atoms with E-state index < -0.39 is 0 Å². The summed E-state index contributed by atoms with van der Waals surface area (Å²) in [5, 5.41) is 6.70. The molecule has 0 radical (unpaired) electrons. The number of guanidine groups is 1. The third-order valence-electron chi connectivity index (χ3n) is 5.37. The minimum absolute atomic E-state index is 0. The van der Waals surface area contributed by atoms with Crippen LogP contribution in [0.3, 0.4) is 0 Å². The van der Waals surface area contributed by atoms with Gasteiger partial charge in [-0.25, -0.2) is 0 Å².